The molecule has 0 aliphatic carbocycles. The molecule has 100 valence electrons. The van der Waals surface area contributed by atoms with E-state index in [-0.39, 0.29) is 24.4 Å². The Morgan fingerprint density at radius 3 is 2.78 bits per heavy atom. The minimum atomic E-state index is -2.77. The van der Waals surface area contributed by atoms with Crippen LogP contribution in [0.1, 0.15) is 30.3 Å². The quantitative estimate of drug-likeness (QED) is 0.668. The average Bonchev–Trinajstić information content (AvgIpc) is 2.30. The van der Waals surface area contributed by atoms with Gasteiger partial charge in [0.2, 0.25) is 0 Å². The Bertz CT molecular complexity index is 441. The van der Waals surface area contributed by atoms with Gasteiger partial charge in [-0.15, -0.1) is 0 Å². The highest BCUT2D eigenvalue weighted by atomic mass is 79.9. The number of anilines is 1. The summed E-state index contributed by atoms with van der Waals surface area (Å²) in [5, 5.41) is 0.377. The smallest absolute Gasteiger partial charge is 0.311 e. The number of pyridine rings is 1. The molecule has 0 bridgehead atoms. The van der Waals surface area contributed by atoms with Crippen LogP contribution in [0.4, 0.5) is 14.5 Å². The van der Waals surface area contributed by atoms with Crippen LogP contribution in [0.25, 0.3) is 0 Å². The zero-order valence-electron chi connectivity index (χ0n) is 9.75. The van der Waals surface area contributed by atoms with E-state index in [0.717, 1.165) is 0 Å². The first-order valence-electron chi connectivity index (χ1n) is 5.27. The minimum Gasteiger partial charge on any atom is -0.466 e. The number of carbonyl (C=O) groups is 1. The topological polar surface area (TPSA) is 65.2 Å². The van der Waals surface area contributed by atoms with Gasteiger partial charge in [-0.05, 0) is 18.6 Å². The Morgan fingerprint density at radius 2 is 2.28 bits per heavy atom. The van der Waals surface area contributed by atoms with E-state index in [2.05, 4.69) is 20.9 Å². The number of ether oxygens (including phenoxy) is 1. The van der Waals surface area contributed by atoms with Crippen LogP contribution < -0.4 is 5.73 Å². The number of nitrogens with two attached hydrogens (primary N) is 1. The van der Waals surface area contributed by atoms with E-state index < -0.39 is 18.1 Å². The molecule has 0 aliphatic heterocycles. The Kier molecular flexibility index (Phi) is 5.46. The van der Waals surface area contributed by atoms with Crippen LogP contribution in [0, 0.1) is 0 Å². The molecule has 1 heterocycles. The molecule has 0 amide bonds. The second-order valence-electron chi connectivity index (χ2n) is 3.48. The fraction of sp³-hybridized carbons (Fsp3) is 0.455. The summed E-state index contributed by atoms with van der Waals surface area (Å²) in [4.78, 5) is 15.1. The monoisotopic (exact) mass is 322 g/mol. The predicted molar refractivity (Wildman–Crippen MR) is 66.6 cm³/mol. The van der Waals surface area contributed by atoms with Crippen molar-refractivity contribution in [3.63, 3.8) is 0 Å². The Hall–Kier alpha value is -1.24. The number of carbonyl (C=O) groups excluding carboxylic acids is 1. The van der Waals surface area contributed by atoms with Crippen LogP contribution in [0.5, 0.6) is 0 Å². The van der Waals surface area contributed by atoms with E-state index in [9.17, 15) is 13.6 Å². The molecule has 2 N–H and O–H groups in total. The van der Waals surface area contributed by atoms with E-state index in [0.29, 0.717) is 10.9 Å². The van der Waals surface area contributed by atoms with E-state index in [4.69, 9.17) is 10.5 Å². The molecule has 1 aromatic rings. The van der Waals surface area contributed by atoms with Gasteiger partial charge >= 0.3 is 5.97 Å². The van der Waals surface area contributed by atoms with Gasteiger partial charge in [-0.25, -0.2) is 13.8 Å². The summed E-state index contributed by atoms with van der Waals surface area (Å²) < 4.78 is 30.1. The number of nitrogens with zero attached hydrogens (tertiary/aromatic N) is 1. The first-order valence-corrected chi connectivity index (χ1v) is 6.39. The number of esters is 1. The summed E-state index contributed by atoms with van der Waals surface area (Å²) in [5.74, 6) is -0.503. The molecule has 0 saturated heterocycles. The van der Waals surface area contributed by atoms with Crippen molar-refractivity contribution in [1.29, 1.82) is 0 Å². The van der Waals surface area contributed by atoms with E-state index >= 15 is 0 Å². The summed E-state index contributed by atoms with van der Waals surface area (Å²) in [5.41, 5.74) is 5.76. The number of halogens is 3. The van der Waals surface area contributed by atoms with E-state index in [1.807, 2.05) is 0 Å². The van der Waals surface area contributed by atoms with Crippen LogP contribution in [-0.2, 0) is 21.3 Å². The SMILES string of the molecule is CCOC(=O)Cc1nc(C(F)F)c(N)cc1CBr. The standard InChI is InChI=1S/C11H13BrF2N2O2/c1-2-18-9(17)4-8-6(5-12)3-7(15)10(16-8)11(13)14/h3,11H,2,4-5,15H2,1H3. The lowest BCUT2D eigenvalue weighted by Crippen LogP contribution is -2.13. The number of hydrogen-bond acceptors (Lipinski definition) is 4. The van der Waals surface area contributed by atoms with Gasteiger partial charge in [0.05, 0.1) is 24.4 Å². The average molecular weight is 323 g/mol. The third kappa shape index (κ3) is 3.63. The summed E-state index contributed by atoms with van der Waals surface area (Å²) in [6, 6.07) is 1.40. The molecule has 0 saturated carbocycles. The van der Waals surface area contributed by atoms with Crippen molar-refractivity contribution in [2.24, 2.45) is 0 Å². The molecule has 4 nitrogen and oxygen atoms in total. The number of hydrogen-bond donors (Lipinski definition) is 1. The summed E-state index contributed by atoms with van der Waals surface area (Å²) >= 11 is 3.20. The van der Waals surface area contributed by atoms with Gasteiger partial charge in [0.25, 0.3) is 6.43 Å². The fourth-order valence-electron chi connectivity index (χ4n) is 1.42. The molecule has 18 heavy (non-hydrogen) atoms. The zero-order valence-corrected chi connectivity index (χ0v) is 11.3. The molecule has 7 heteroatoms. The summed E-state index contributed by atoms with van der Waals surface area (Å²) in [6.07, 6.45) is -2.91. The number of nitrogen functional groups attached to an aromatic ring is 1. The van der Waals surface area contributed by atoms with Crippen LogP contribution >= 0.6 is 15.9 Å². The summed E-state index contributed by atoms with van der Waals surface area (Å²) in [7, 11) is 0. The molecule has 0 aromatic carbocycles. The molecule has 1 aromatic heterocycles. The molecule has 0 fully saturated rings. The molecule has 0 spiro atoms. The molecule has 0 aliphatic rings. The highest BCUT2D eigenvalue weighted by Gasteiger charge is 2.18. The van der Waals surface area contributed by atoms with E-state index in [1.54, 1.807) is 6.92 Å². The van der Waals surface area contributed by atoms with Crippen molar-refractivity contribution in [2.45, 2.75) is 25.1 Å². The van der Waals surface area contributed by atoms with Gasteiger partial charge in [-0.3, -0.25) is 4.79 Å². The van der Waals surface area contributed by atoms with Crippen LogP contribution in [0.2, 0.25) is 0 Å². The van der Waals surface area contributed by atoms with Crippen molar-refractivity contribution >= 4 is 27.6 Å². The van der Waals surface area contributed by atoms with Gasteiger partial charge in [0, 0.05) is 5.33 Å². The highest BCUT2D eigenvalue weighted by molar-refractivity contribution is 9.08. The molecule has 1 rings (SSSR count). The lowest BCUT2D eigenvalue weighted by atomic mass is 10.1. The Morgan fingerprint density at radius 1 is 1.61 bits per heavy atom. The maximum atomic E-state index is 12.7. The maximum absolute atomic E-state index is 12.7. The molecule has 0 unspecified atom stereocenters. The molecular formula is C11H13BrF2N2O2. The van der Waals surface area contributed by atoms with E-state index in [1.165, 1.54) is 6.07 Å². The highest BCUT2D eigenvalue weighted by Crippen LogP contribution is 2.26. The van der Waals surface area contributed by atoms with Crippen molar-refractivity contribution in [2.75, 3.05) is 12.3 Å². The fourth-order valence-corrected chi connectivity index (χ4v) is 1.90. The number of alkyl halides is 3. The van der Waals surface area contributed by atoms with Gasteiger partial charge in [0.1, 0.15) is 5.69 Å². The van der Waals surface area contributed by atoms with Crippen molar-refractivity contribution in [1.82, 2.24) is 4.98 Å². The first-order chi connectivity index (χ1) is 8.49. The van der Waals surface area contributed by atoms with Crippen molar-refractivity contribution in [3.8, 4) is 0 Å². The van der Waals surface area contributed by atoms with Gasteiger partial charge < -0.3 is 10.5 Å². The largest absolute Gasteiger partial charge is 0.466 e. The number of rotatable bonds is 5. The van der Waals surface area contributed by atoms with Gasteiger partial charge in [-0.2, -0.15) is 0 Å². The maximum Gasteiger partial charge on any atom is 0.311 e. The van der Waals surface area contributed by atoms with Crippen molar-refractivity contribution < 1.29 is 18.3 Å². The third-order valence-corrected chi connectivity index (χ3v) is 2.82. The minimum absolute atomic E-state index is 0.0768. The van der Waals surface area contributed by atoms with Crippen molar-refractivity contribution in [3.05, 3.63) is 23.0 Å². The Balaban J connectivity index is 3.08. The third-order valence-electron chi connectivity index (χ3n) is 2.22. The van der Waals surface area contributed by atoms with Crippen LogP contribution in [-0.4, -0.2) is 17.6 Å². The lowest BCUT2D eigenvalue weighted by molar-refractivity contribution is -0.142. The zero-order chi connectivity index (χ0) is 13.7. The molecule has 0 radical (unpaired) electrons. The van der Waals surface area contributed by atoms with Gasteiger partial charge in [-0.1, -0.05) is 15.9 Å². The molecular weight excluding hydrogens is 310 g/mol. The second-order valence-corrected chi connectivity index (χ2v) is 4.05. The number of aromatic nitrogens is 1. The Labute approximate surface area is 112 Å². The predicted octanol–water partition coefficient (Wildman–Crippen LogP) is 2.60. The first kappa shape index (κ1) is 14.8. The summed E-state index contributed by atoms with van der Waals surface area (Å²) in [6.45, 7) is 1.91. The molecule has 0 atom stereocenters. The van der Waals surface area contributed by atoms with Gasteiger partial charge in [0.15, 0.2) is 0 Å². The van der Waals surface area contributed by atoms with Crippen LogP contribution in [0.15, 0.2) is 6.07 Å². The lowest BCUT2D eigenvalue weighted by Gasteiger charge is -2.11. The van der Waals surface area contributed by atoms with Crippen LogP contribution in [0.3, 0.4) is 0 Å². The second kappa shape index (κ2) is 6.63. The normalized spacial score (nSPS) is 10.7.